The maximum atomic E-state index is 5.32. The zero-order valence-corrected chi connectivity index (χ0v) is 14.5. The second-order valence-corrected chi connectivity index (χ2v) is 6.84. The first-order valence-electron chi connectivity index (χ1n) is 8.84. The Morgan fingerprint density at radius 3 is 3.00 bits per heavy atom. The van der Waals surface area contributed by atoms with Gasteiger partial charge in [-0.2, -0.15) is 4.98 Å². The molecular formula is C17H25N5O2. The standard InChI is InChI=1S/C17H25N5O2/c1-12-18-14-5-3-4-6-15(14)22(12)13-7-8-21(9-13)10-17-19-16(11-23-2)20-24-17/h13H,3-11H2,1-2H3/t13-/m0/s1. The van der Waals surface area contributed by atoms with Crippen LogP contribution >= 0.6 is 0 Å². The largest absolute Gasteiger partial charge is 0.377 e. The summed E-state index contributed by atoms with van der Waals surface area (Å²) in [6.07, 6.45) is 6.04. The number of rotatable bonds is 5. The number of aryl methyl sites for hydroxylation is 2. The number of ether oxygens (including phenoxy) is 1. The summed E-state index contributed by atoms with van der Waals surface area (Å²) >= 11 is 0. The Labute approximate surface area is 142 Å². The second kappa shape index (κ2) is 6.64. The van der Waals surface area contributed by atoms with Crippen molar-refractivity contribution in [3.05, 3.63) is 28.9 Å². The summed E-state index contributed by atoms with van der Waals surface area (Å²) < 4.78 is 12.9. The van der Waals surface area contributed by atoms with E-state index in [1.807, 2.05) is 0 Å². The van der Waals surface area contributed by atoms with Gasteiger partial charge >= 0.3 is 0 Å². The molecule has 0 N–H and O–H groups in total. The number of nitrogens with zero attached hydrogens (tertiary/aromatic N) is 5. The highest BCUT2D eigenvalue weighted by atomic mass is 16.5. The number of hydrogen-bond donors (Lipinski definition) is 0. The maximum absolute atomic E-state index is 5.32. The zero-order valence-electron chi connectivity index (χ0n) is 14.5. The van der Waals surface area contributed by atoms with Crippen molar-refractivity contribution in [1.82, 2.24) is 24.6 Å². The predicted octanol–water partition coefficient (Wildman–Crippen LogP) is 2.05. The van der Waals surface area contributed by atoms with Gasteiger partial charge in [-0.3, -0.25) is 4.90 Å². The summed E-state index contributed by atoms with van der Waals surface area (Å²) in [5.41, 5.74) is 2.81. The van der Waals surface area contributed by atoms with Gasteiger partial charge in [0.1, 0.15) is 12.4 Å². The van der Waals surface area contributed by atoms with Crippen molar-refractivity contribution in [2.75, 3.05) is 20.2 Å². The Hall–Kier alpha value is -1.73. The Morgan fingerprint density at radius 1 is 1.25 bits per heavy atom. The van der Waals surface area contributed by atoms with E-state index in [-0.39, 0.29) is 0 Å². The molecule has 1 aliphatic heterocycles. The molecule has 0 amide bonds. The van der Waals surface area contributed by atoms with Crippen LogP contribution in [0.25, 0.3) is 0 Å². The lowest BCUT2D eigenvalue weighted by molar-refractivity contribution is 0.174. The van der Waals surface area contributed by atoms with E-state index in [2.05, 4.69) is 26.5 Å². The minimum Gasteiger partial charge on any atom is -0.377 e. The lowest BCUT2D eigenvalue weighted by Gasteiger charge is -2.20. The molecule has 0 aromatic carbocycles. The van der Waals surface area contributed by atoms with Crippen LogP contribution < -0.4 is 0 Å². The van der Waals surface area contributed by atoms with Gasteiger partial charge in [-0.25, -0.2) is 4.98 Å². The molecule has 24 heavy (non-hydrogen) atoms. The fourth-order valence-electron chi connectivity index (χ4n) is 4.08. The molecule has 2 aromatic rings. The van der Waals surface area contributed by atoms with Gasteiger partial charge in [-0.05, 0) is 39.0 Å². The number of likely N-dealkylation sites (tertiary alicyclic amines) is 1. The normalized spacial score (nSPS) is 21.3. The highest BCUT2D eigenvalue weighted by Crippen LogP contribution is 2.30. The van der Waals surface area contributed by atoms with Crippen molar-refractivity contribution in [2.24, 2.45) is 0 Å². The van der Waals surface area contributed by atoms with Gasteiger partial charge < -0.3 is 13.8 Å². The minimum atomic E-state index is 0.395. The summed E-state index contributed by atoms with van der Waals surface area (Å²) in [6, 6.07) is 0.515. The average Bonchev–Trinajstić information content (AvgIpc) is 3.26. The topological polar surface area (TPSA) is 69.2 Å². The first-order chi connectivity index (χ1) is 11.7. The Morgan fingerprint density at radius 2 is 2.12 bits per heavy atom. The number of aromatic nitrogens is 4. The lowest BCUT2D eigenvalue weighted by atomic mass is 10.0. The summed E-state index contributed by atoms with van der Waals surface area (Å²) in [7, 11) is 1.63. The van der Waals surface area contributed by atoms with Gasteiger partial charge in [0.05, 0.1) is 12.2 Å². The molecule has 0 bridgehead atoms. The summed E-state index contributed by atoms with van der Waals surface area (Å²) in [4.78, 5) is 11.6. The van der Waals surface area contributed by atoms with E-state index in [1.54, 1.807) is 7.11 Å². The smallest absolute Gasteiger partial charge is 0.240 e. The van der Waals surface area contributed by atoms with E-state index in [9.17, 15) is 0 Å². The van der Waals surface area contributed by atoms with Crippen molar-refractivity contribution in [3.8, 4) is 0 Å². The second-order valence-electron chi connectivity index (χ2n) is 6.84. The fraction of sp³-hybridized carbons (Fsp3) is 0.706. The number of methoxy groups -OCH3 is 1. The molecule has 0 radical (unpaired) electrons. The van der Waals surface area contributed by atoms with Crippen LogP contribution in [0.1, 0.15) is 54.2 Å². The summed E-state index contributed by atoms with van der Waals surface area (Å²) in [5, 5.41) is 3.94. The third-order valence-electron chi connectivity index (χ3n) is 5.10. The molecule has 1 atom stereocenters. The van der Waals surface area contributed by atoms with E-state index >= 15 is 0 Å². The van der Waals surface area contributed by atoms with E-state index in [0.717, 1.165) is 25.9 Å². The Bertz CT molecular complexity index is 708. The minimum absolute atomic E-state index is 0.395. The molecule has 7 heteroatoms. The quantitative estimate of drug-likeness (QED) is 0.835. The van der Waals surface area contributed by atoms with E-state index in [4.69, 9.17) is 14.2 Å². The van der Waals surface area contributed by atoms with Crippen LogP contribution in [-0.4, -0.2) is 44.8 Å². The van der Waals surface area contributed by atoms with Crippen LogP contribution in [0.3, 0.4) is 0 Å². The average molecular weight is 331 g/mol. The van der Waals surface area contributed by atoms with Gasteiger partial charge in [0.2, 0.25) is 5.89 Å². The molecule has 1 saturated heterocycles. The van der Waals surface area contributed by atoms with Gasteiger partial charge in [-0.15, -0.1) is 0 Å². The van der Waals surface area contributed by atoms with Crippen LogP contribution in [-0.2, 0) is 30.7 Å². The number of imidazole rings is 1. The SMILES string of the molecule is COCc1noc(CN2CC[C@H](n3c(C)nc4c3CCCC4)C2)n1. The predicted molar refractivity (Wildman–Crippen MR) is 87.5 cm³/mol. The molecule has 0 spiro atoms. The van der Waals surface area contributed by atoms with Crippen molar-refractivity contribution in [1.29, 1.82) is 0 Å². The first-order valence-corrected chi connectivity index (χ1v) is 8.84. The molecule has 7 nitrogen and oxygen atoms in total. The molecule has 0 unspecified atom stereocenters. The molecule has 1 aliphatic carbocycles. The van der Waals surface area contributed by atoms with E-state index in [0.29, 0.717) is 30.9 Å². The molecule has 3 heterocycles. The van der Waals surface area contributed by atoms with Crippen LogP contribution in [0, 0.1) is 6.92 Å². The van der Waals surface area contributed by atoms with Crippen molar-refractivity contribution in [2.45, 2.75) is 58.2 Å². The highest BCUT2D eigenvalue weighted by Gasteiger charge is 2.29. The van der Waals surface area contributed by atoms with Crippen LogP contribution in [0.2, 0.25) is 0 Å². The molecule has 1 fully saturated rings. The fourth-order valence-corrected chi connectivity index (χ4v) is 4.08. The first kappa shape index (κ1) is 15.8. The Balaban J connectivity index is 1.44. The third kappa shape index (κ3) is 2.98. The molecule has 130 valence electrons. The summed E-state index contributed by atoms with van der Waals surface area (Å²) in [5.74, 6) is 2.46. The van der Waals surface area contributed by atoms with E-state index in [1.165, 1.54) is 36.5 Å². The van der Waals surface area contributed by atoms with E-state index < -0.39 is 0 Å². The van der Waals surface area contributed by atoms with Crippen LogP contribution in [0.5, 0.6) is 0 Å². The molecular weight excluding hydrogens is 306 g/mol. The molecule has 2 aromatic heterocycles. The van der Waals surface area contributed by atoms with Gasteiger partial charge in [0.25, 0.3) is 0 Å². The van der Waals surface area contributed by atoms with Crippen molar-refractivity contribution in [3.63, 3.8) is 0 Å². The third-order valence-corrected chi connectivity index (χ3v) is 5.10. The number of hydrogen-bond acceptors (Lipinski definition) is 6. The van der Waals surface area contributed by atoms with Gasteiger partial charge in [0, 0.05) is 31.9 Å². The van der Waals surface area contributed by atoms with Crippen molar-refractivity contribution < 1.29 is 9.26 Å². The monoisotopic (exact) mass is 331 g/mol. The van der Waals surface area contributed by atoms with Crippen molar-refractivity contribution >= 4 is 0 Å². The Kier molecular flexibility index (Phi) is 4.37. The number of fused-ring (bicyclic) bond motifs is 1. The zero-order chi connectivity index (χ0) is 16.5. The maximum Gasteiger partial charge on any atom is 0.240 e. The summed E-state index contributed by atoms with van der Waals surface area (Å²) in [6.45, 7) is 5.33. The van der Waals surface area contributed by atoms with Crippen LogP contribution in [0.15, 0.2) is 4.52 Å². The van der Waals surface area contributed by atoms with Gasteiger partial charge in [0.15, 0.2) is 5.82 Å². The van der Waals surface area contributed by atoms with Crippen LogP contribution in [0.4, 0.5) is 0 Å². The lowest BCUT2D eigenvalue weighted by Crippen LogP contribution is -2.23. The molecule has 2 aliphatic rings. The molecule has 0 saturated carbocycles. The highest BCUT2D eigenvalue weighted by molar-refractivity contribution is 5.21. The van der Waals surface area contributed by atoms with Gasteiger partial charge in [-0.1, -0.05) is 5.16 Å². The molecule has 4 rings (SSSR count).